The second kappa shape index (κ2) is 12.1. The Hall–Kier alpha value is 1.34. The van der Waals surface area contributed by atoms with Gasteiger partial charge in [-0.3, -0.25) is 4.98 Å². The molecule has 0 bridgehead atoms. The third kappa shape index (κ3) is 9.34. The Labute approximate surface area is 106 Å². The van der Waals surface area contributed by atoms with Gasteiger partial charge < -0.3 is 0 Å². The van der Waals surface area contributed by atoms with Crippen molar-refractivity contribution in [3.63, 3.8) is 0 Å². The van der Waals surface area contributed by atoms with E-state index < -0.39 is 0 Å². The quantitative estimate of drug-likeness (QED) is 0.540. The van der Waals surface area contributed by atoms with Crippen LogP contribution in [0, 0.1) is 0 Å². The predicted molar refractivity (Wildman–Crippen MR) is 70.5 cm³/mol. The largest absolute Gasteiger partial charge is 0.265 e. The maximum atomic E-state index is 3.78. The summed E-state index contributed by atoms with van der Waals surface area (Å²) in [4.78, 5) is 3.78. The molecule has 1 aromatic heterocycles. The molecule has 0 amide bonds. The van der Waals surface area contributed by atoms with E-state index in [2.05, 4.69) is 4.98 Å². The summed E-state index contributed by atoms with van der Waals surface area (Å²) in [6.07, 6.45) is 3.50. The van der Waals surface area contributed by atoms with Crippen LogP contribution in [0.25, 0.3) is 0 Å². The maximum Gasteiger partial charge on any atom is 0.0267 e. The van der Waals surface area contributed by atoms with Gasteiger partial charge in [0.2, 0.25) is 0 Å². The van der Waals surface area contributed by atoms with Crippen LogP contribution < -0.4 is 0 Å². The first-order chi connectivity index (χ1) is 3.00. The lowest BCUT2D eigenvalue weighted by Gasteiger charge is -1.70. The van der Waals surface area contributed by atoms with E-state index in [9.17, 15) is 0 Å². The highest BCUT2D eigenvalue weighted by Gasteiger charge is 1.58. The Balaban J connectivity index is -0.000000120. The lowest BCUT2D eigenvalue weighted by Crippen LogP contribution is -1.58. The molecule has 4 heteroatoms. The molecule has 0 saturated heterocycles. The van der Waals surface area contributed by atoms with Gasteiger partial charge in [0.05, 0.1) is 0 Å². The molecule has 9 heavy (non-hydrogen) atoms. The van der Waals surface area contributed by atoms with Gasteiger partial charge in [0.1, 0.15) is 0 Å². The van der Waals surface area contributed by atoms with Gasteiger partial charge in [-0.15, -0.1) is 71.9 Å². The zero-order valence-electron chi connectivity index (χ0n) is 4.56. The molecule has 0 spiro atoms. The topological polar surface area (TPSA) is 12.9 Å². The molecule has 0 N–H and O–H groups in total. The molecule has 1 rings (SSSR count). The average molecular weight is 463 g/mol. The normalized spacial score (nSPS) is 5.33. The molecule has 0 aliphatic rings. The third-order valence-corrected chi connectivity index (χ3v) is 0.566. The highest BCUT2D eigenvalue weighted by Crippen LogP contribution is 1.73. The number of aromatic nitrogens is 1. The smallest absolute Gasteiger partial charge is 0.0267 e. The lowest BCUT2D eigenvalue weighted by molar-refractivity contribution is 1.33. The fraction of sp³-hybridized carbons (Fsp3) is 0. The molecular weight excluding hydrogens is 455 g/mol. The average Bonchev–Trinajstić information content (AvgIpc) is 1.72. The van der Waals surface area contributed by atoms with Crippen molar-refractivity contribution in [2.24, 2.45) is 0 Å². The molecular formula is C5H8I3N. The minimum absolute atomic E-state index is 0. The van der Waals surface area contributed by atoms with E-state index in [0.717, 1.165) is 0 Å². The van der Waals surface area contributed by atoms with Crippen molar-refractivity contribution in [2.75, 3.05) is 0 Å². The summed E-state index contributed by atoms with van der Waals surface area (Å²) in [5.41, 5.74) is 0. The van der Waals surface area contributed by atoms with Gasteiger partial charge in [-0.05, 0) is 12.1 Å². The molecule has 0 saturated carbocycles. The third-order valence-electron chi connectivity index (χ3n) is 0.566. The minimum Gasteiger partial charge on any atom is -0.265 e. The number of pyridine rings is 1. The molecule has 0 aromatic carbocycles. The number of hydrogen-bond acceptors (Lipinski definition) is 1. The summed E-state index contributed by atoms with van der Waals surface area (Å²) in [6.45, 7) is 0. The summed E-state index contributed by atoms with van der Waals surface area (Å²) in [6, 6.07) is 5.72. The zero-order chi connectivity index (χ0) is 4.24. The summed E-state index contributed by atoms with van der Waals surface area (Å²) < 4.78 is 0. The Kier molecular flexibility index (Phi) is 22.4. The van der Waals surface area contributed by atoms with Gasteiger partial charge in [-0.25, -0.2) is 0 Å². The van der Waals surface area contributed by atoms with E-state index in [0.29, 0.717) is 0 Å². The van der Waals surface area contributed by atoms with Crippen LogP contribution in [0.3, 0.4) is 0 Å². The van der Waals surface area contributed by atoms with Crippen LogP contribution in [0.2, 0.25) is 0 Å². The SMILES string of the molecule is I.I.I.c1ccncc1. The first kappa shape index (κ1) is 16.7. The fourth-order valence-corrected chi connectivity index (χ4v) is 0.313. The Morgan fingerprint density at radius 2 is 1.11 bits per heavy atom. The number of hydrogen-bond donors (Lipinski definition) is 0. The van der Waals surface area contributed by atoms with Crippen molar-refractivity contribution < 1.29 is 0 Å². The highest BCUT2D eigenvalue weighted by molar-refractivity contribution is 14.0. The molecule has 1 heterocycles. The molecule has 0 unspecified atom stereocenters. The van der Waals surface area contributed by atoms with Gasteiger partial charge in [-0.2, -0.15) is 0 Å². The summed E-state index contributed by atoms with van der Waals surface area (Å²) in [5.74, 6) is 0. The highest BCUT2D eigenvalue weighted by atomic mass is 127. The summed E-state index contributed by atoms with van der Waals surface area (Å²) >= 11 is 0. The van der Waals surface area contributed by atoms with E-state index in [1.807, 2.05) is 18.2 Å². The van der Waals surface area contributed by atoms with Crippen molar-refractivity contribution in [3.8, 4) is 0 Å². The van der Waals surface area contributed by atoms with Crippen LogP contribution >= 0.6 is 71.9 Å². The second-order valence-electron chi connectivity index (χ2n) is 1.02. The fourth-order valence-electron chi connectivity index (χ4n) is 0.313. The van der Waals surface area contributed by atoms with Crippen molar-refractivity contribution in [1.29, 1.82) is 0 Å². The van der Waals surface area contributed by atoms with Crippen molar-refractivity contribution in [1.82, 2.24) is 4.98 Å². The maximum absolute atomic E-state index is 3.78. The van der Waals surface area contributed by atoms with Gasteiger partial charge in [0, 0.05) is 12.4 Å². The van der Waals surface area contributed by atoms with Crippen LogP contribution in [0.1, 0.15) is 0 Å². The van der Waals surface area contributed by atoms with Crippen molar-refractivity contribution in [3.05, 3.63) is 30.6 Å². The van der Waals surface area contributed by atoms with Crippen LogP contribution in [0.5, 0.6) is 0 Å². The Morgan fingerprint density at radius 3 is 1.22 bits per heavy atom. The first-order valence-electron chi connectivity index (χ1n) is 1.85. The predicted octanol–water partition coefficient (Wildman–Crippen LogP) is 2.94. The summed E-state index contributed by atoms with van der Waals surface area (Å²) in [7, 11) is 0. The first-order valence-corrected chi connectivity index (χ1v) is 1.85. The van der Waals surface area contributed by atoms with E-state index in [1.54, 1.807) is 12.4 Å². The second-order valence-corrected chi connectivity index (χ2v) is 1.02. The Morgan fingerprint density at radius 1 is 0.667 bits per heavy atom. The summed E-state index contributed by atoms with van der Waals surface area (Å²) in [5, 5.41) is 0. The molecule has 0 fully saturated rings. The molecule has 0 aliphatic carbocycles. The van der Waals surface area contributed by atoms with E-state index >= 15 is 0 Å². The van der Waals surface area contributed by atoms with E-state index in [1.165, 1.54) is 0 Å². The van der Waals surface area contributed by atoms with Crippen LogP contribution in [0.15, 0.2) is 30.6 Å². The van der Waals surface area contributed by atoms with Gasteiger partial charge in [0.25, 0.3) is 0 Å². The number of rotatable bonds is 0. The van der Waals surface area contributed by atoms with Crippen molar-refractivity contribution in [2.45, 2.75) is 0 Å². The molecule has 0 aliphatic heterocycles. The van der Waals surface area contributed by atoms with Gasteiger partial charge >= 0.3 is 0 Å². The van der Waals surface area contributed by atoms with Crippen LogP contribution in [0.4, 0.5) is 0 Å². The van der Waals surface area contributed by atoms with Gasteiger partial charge in [-0.1, -0.05) is 6.07 Å². The lowest BCUT2D eigenvalue weighted by atomic mass is 10.5. The monoisotopic (exact) mass is 463 g/mol. The van der Waals surface area contributed by atoms with Gasteiger partial charge in [0.15, 0.2) is 0 Å². The van der Waals surface area contributed by atoms with Crippen molar-refractivity contribution >= 4 is 71.9 Å². The number of halogens is 3. The van der Waals surface area contributed by atoms with E-state index in [4.69, 9.17) is 0 Å². The number of nitrogens with zero attached hydrogens (tertiary/aromatic N) is 1. The van der Waals surface area contributed by atoms with Crippen LogP contribution in [-0.4, -0.2) is 4.98 Å². The molecule has 54 valence electrons. The zero-order valence-corrected chi connectivity index (χ0v) is 11.5. The standard InChI is InChI=1S/C5H5N.3HI/c1-2-4-6-5-3-1;;;/h1-5H;3*1H. The molecule has 1 nitrogen and oxygen atoms in total. The van der Waals surface area contributed by atoms with Crippen LogP contribution in [-0.2, 0) is 0 Å². The molecule has 0 radical (unpaired) electrons. The minimum atomic E-state index is 0. The van der Waals surface area contributed by atoms with E-state index in [-0.39, 0.29) is 71.9 Å². The Bertz CT molecular complexity index is 84.1. The molecule has 1 aromatic rings. The molecule has 0 atom stereocenters.